The van der Waals surface area contributed by atoms with E-state index in [1.165, 1.54) is 116 Å². The van der Waals surface area contributed by atoms with Crippen molar-refractivity contribution in [3.63, 3.8) is 0 Å². The number of unbranched alkanes of at least 4 members (excludes halogenated alkanes) is 27. The van der Waals surface area contributed by atoms with Crippen LogP contribution in [0.1, 0.15) is 284 Å². The van der Waals surface area contributed by atoms with Crippen LogP contribution in [0.15, 0.2) is 97.2 Å². The maximum atomic E-state index is 12.7. The molecule has 72 heavy (non-hydrogen) atoms. The maximum absolute atomic E-state index is 12.7. The van der Waals surface area contributed by atoms with Gasteiger partial charge in [-0.05, 0) is 96.3 Å². The molecule has 0 N–H and O–H groups in total. The van der Waals surface area contributed by atoms with Crippen LogP contribution in [0.4, 0.5) is 0 Å². The lowest BCUT2D eigenvalue weighted by Gasteiger charge is -2.18. The molecule has 0 saturated carbocycles. The average molecular weight is 1000 g/mol. The van der Waals surface area contributed by atoms with Gasteiger partial charge < -0.3 is 14.2 Å². The Morgan fingerprint density at radius 1 is 0.292 bits per heavy atom. The summed E-state index contributed by atoms with van der Waals surface area (Å²) >= 11 is 0. The van der Waals surface area contributed by atoms with Crippen LogP contribution in [-0.4, -0.2) is 37.2 Å². The second-order valence-electron chi connectivity index (χ2n) is 19.9. The number of esters is 3. The topological polar surface area (TPSA) is 78.9 Å². The van der Waals surface area contributed by atoms with Crippen molar-refractivity contribution in [2.75, 3.05) is 13.2 Å². The van der Waals surface area contributed by atoms with Crippen LogP contribution >= 0.6 is 0 Å². The van der Waals surface area contributed by atoms with Crippen molar-refractivity contribution in [3.05, 3.63) is 97.2 Å². The number of hydrogen-bond donors (Lipinski definition) is 0. The van der Waals surface area contributed by atoms with Crippen molar-refractivity contribution in [2.24, 2.45) is 0 Å². The normalized spacial score (nSPS) is 12.8. The van der Waals surface area contributed by atoms with Gasteiger partial charge in [-0.25, -0.2) is 0 Å². The molecule has 412 valence electrons. The summed E-state index contributed by atoms with van der Waals surface area (Å²) in [7, 11) is 0. The van der Waals surface area contributed by atoms with Gasteiger partial charge in [0.25, 0.3) is 0 Å². The van der Waals surface area contributed by atoms with Crippen LogP contribution in [0.3, 0.4) is 0 Å². The Labute approximate surface area is 445 Å². The molecular formula is C66H112O6. The number of rotatable bonds is 54. The zero-order valence-corrected chi connectivity index (χ0v) is 47.2. The fraction of sp³-hybridized carbons (Fsp3) is 0.712. The summed E-state index contributed by atoms with van der Waals surface area (Å²) in [6, 6.07) is 0. The van der Waals surface area contributed by atoms with Gasteiger partial charge >= 0.3 is 17.9 Å². The number of allylic oxidation sites excluding steroid dienone is 16. The monoisotopic (exact) mass is 1000 g/mol. The predicted molar refractivity (Wildman–Crippen MR) is 311 cm³/mol. The van der Waals surface area contributed by atoms with E-state index < -0.39 is 6.10 Å². The van der Waals surface area contributed by atoms with Crippen LogP contribution in [0.5, 0.6) is 0 Å². The third-order valence-corrected chi connectivity index (χ3v) is 12.8. The van der Waals surface area contributed by atoms with Crippen molar-refractivity contribution in [1.29, 1.82) is 0 Å². The van der Waals surface area contributed by atoms with Crippen LogP contribution < -0.4 is 0 Å². The molecule has 0 aliphatic carbocycles. The minimum atomic E-state index is -0.779. The van der Waals surface area contributed by atoms with Crippen molar-refractivity contribution in [1.82, 2.24) is 0 Å². The van der Waals surface area contributed by atoms with Gasteiger partial charge in [0.05, 0.1) is 0 Å². The molecule has 0 rings (SSSR count). The molecule has 0 aliphatic heterocycles. The largest absolute Gasteiger partial charge is 0.462 e. The highest BCUT2D eigenvalue weighted by Crippen LogP contribution is 2.16. The molecule has 6 heteroatoms. The van der Waals surface area contributed by atoms with E-state index in [4.69, 9.17) is 14.2 Å². The van der Waals surface area contributed by atoms with Crippen molar-refractivity contribution < 1.29 is 28.6 Å². The summed E-state index contributed by atoms with van der Waals surface area (Å²) in [5.74, 6) is -0.900. The Hall–Kier alpha value is -3.67. The van der Waals surface area contributed by atoms with E-state index in [-0.39, 0.29) is 31.1 Å². The first-order chi connectivity index (χ1) is 35.5. The van der Waals surface area contributed by atoms with Crippen LogP contribution in [-0.2, 0) is 28.6 Å². The van der Waals surface area contributed by atoms with Crippen molar-refractivity contribution >= 4 is 17.9 Å². The lowest BCUT2D eigenvalue weighted by molar-refractivity contribution is -0.167. The molecule has 6 nitrogen and oxygen atoms in total. The average Bonchev–Trinajstić information content (AvgIpc) is 3.38. The highest BCUT2D eigenvalue weighted by molar-refractivity contribution is 5.71. The number of hydrogen-bond acceptors (Lipinski definition) is 6. The van der Waals surface area contributed by atoms with Gasteiger partial charge in [-0.1, -0.05) is 266 Å². The van der Waals surface area contributed by atoms with Crippen molar-refractivity contribution in [2.45, 2.75) is 290 Å². The maximum Gasteiger partial charge on any atom is 0.306 e. The SMILES string of the molecule is CC/C=C\C/C=C\C/C=C\C/C=C\C/C=C\C/C=C\CCCCCCCCCCCCCCCCCCC(=O)OCC(COC(=O)CCCCCCCC)OC(=O)CCCCCCC/C=C\C/C=C\CCC. The lowest BCUT2D eigenvalue weighted by Crippen LogP contribution is -2.30. The van der Waals surface area contributed by atoms with Gasteiger partial charge in [0.1, 0.15) is 13.2 Å². The zero-order valence-electron chi connectivity index (χ0n) is 47.2. The van der Waals surface area contributed by atoms with E-state index in [0.29, 0.717) is 19.3 Å². The third kappa shape index (κ3) is 57.2. The van der Waals surface area contributed by atoms with Crippen LogP contribution in [0.2, 0.25) is 0 Å². The molecule has 0 aliphatic rings. The van der Waals surface area contributed by atoms with E-state index in [0.717, 1.165) is 128 Å². The zero-order chi connectivity index (χ0) is 52.2. The highest BCUT2D eigenvalue weighted by atomic mass is 16.6. The third-order valence-electron chi connectivity index (χ3n) is 12.8. The Bertz CT molecular complexity index is 1430. The van der Waals surface area contributed by atoms with Gasteiger partial charge in [-0.3, -0.25) is 14.4 Å². The molecule has 0 radical (unpaired) electrons. The first-order valence-electron chi connectivity index (χ1n) is 30.2. The molecule has 0 heterocycles. The van der Waals surface area contributed by atoms with Gasteiger partial charge in [0.15, 0.2) is 6.10 Å². The lowest BCUT2D eigenvalue weighted by atomic mass is 10.0. The molecule has 0 spiro atoms. The quantitative estimate of drug-likeness (QED) is 0.0261. The highest BCUT2D eigenvalue weighted by Gasteiger charge is 2.19. The number of carbonyl (C=O) groups is 3. The van der Waals surface area contributed by atoms with Gasteiger partial charge in [-0.2, -0.15) is 0 Å². The Kier molecular flexibility index (Phi) is 56.8. The van der Waals surface area contributed by atoms with Gasteiger partial charge in [-0.15, -0.1) is 0 Å². The Morgan fingerprint density at radius 2 is 0.569 bits per heavy atom. The standard InChI is InChI=1S/C66H112O6/c1-4-7-10-13-16-18-20-22-23-24-25-26-27-28-29-30-31-32-33-34-35-36-37-38-39-40-41-42-43-45-46-48-50-53-56-59-65(68)71-62-63(61-70-64(67)58-55-52-15-12-9-6-3)72-66(69)60-57-54-51-49-47-44-21-19-17-14-11-8-5-2/h7,10-11,14,16,18-19,21-23,25-26,28-29,31-32,63H,4-6,8-9,12-13,15,17,20,24,27,30,33-62H2,1-3H3/b10-7-,14-11-,18-16-,21-19-,23-22-,26-25-,29-28-,32-31-. The minimum Gasteiger partial charge on any atom is -0.462 e. The van der Waals surface area contributed by atoms with Gasteiger partial charge in [0.2, 0.25) is 0 Å². The van der Waals surface area contributed by atoms with E-state index >= 15 is 0 Å². The van der Waals surface area contributed by atoms with E-state index in [2.05, 4.69) is 118 Å². The van der Waals surface area contributed by atoms with Crippen molar-refractivity contribution in [3.8, 4) is 0 Å². The van der Waals surface area contributed by atoms with E-state index in [9.17, 15) is 14.4 Å². The molecular weight excluding hydrogens is 889 g/mol. The summed E-state index contributed by atoms with van der Waals surface area (Å²) in [6.45, 7) is 6.39. The second-order valence-corrected chi connectivity index (χ2v) is 19.9. The Morgan fingerprint density at radius 3 is 0.903 bits per heavy atom. The molecule has 0 amide bonds. The first kappa shape index (κ1) is 68.3. The van der Waals surface area contributed by atoms with E-state index in [1.54, 1.807) is 0 Å². The first-order valence-corrected chi connectivity index (χ1v) is 30.2. The smallest absolute Gasteiger partial charge is 0.306 e. The second kappa shape index (κ2) is 59.9. The molecule has 0 aromatic carbocycles. The molecule has 0 saturated heterocycles. The van der Waals surface area contributed by atoms with E-state index in [1.807, 2.05) is 0 Å². The summed E-state index contributed by atoms with van der Waals surface area (Å²) < 4.78 is 16.7. The molecule has 0 bridgehead atoms. The molecule has 0 aromatic rings. The summed E-state index contributed by atoms with van der Waals surface area (Å²) in [4.78, 5) is 37.8. The summed E-state index contributed by atoms with van der Waals surface area (Å²) in [6.07, 6.45) is 80.3. The fourth-order valence-electron chi connectivity index (χ4n) is 8.31. The molecule has 0 fully saturated rings. The summed E-state index contributed by atoms with van der Waals surface area (Å²) in [5, 5.41) is 0. The Balaban J connectivity index is 3.96. The predicted octanol–water partition coefficient (Wildman–Crippen LogP) is 20.5. The molecule has 0 aromatic heterocycles. The number of carbonyl (C=O) groups excluding carboxylic acids is 3. The molecule has 1 unspecified atom stereocenters. The van der Waals surface area contributed by atoms with Crippen LogP contribution in [0, 0.1) is 0 Å². The molecule has 1 atom stereocenters. The summed E-state index contributed by atoms with van der Waals surface area (Å²) in [5.41, 5.74) is 0. The van der Waals surface area contributed by atoms with Gasteiger partial charge in [0, 0.05) is 19.3 Å². The number of ether oxygens (including phenoxy) is 3. The fourth-order valence-corrected chi connectivity index (χ4v) is 8.31. The van der Waals surface area contributed by atoms with Crippen LogP contribution in [0.25, 0.3) is 0 Å². The minimum absolute atomic E-state index is 0.0803.